The number of carbonyl (C=O) groups excluding carboxylic acids is 1. The van der Waals surface area contributed by atoms with Crippen molar-refractivity contribution in [3.05, 3.63) is 12.8 Å². The highest BCUT2D eigenvalue weighted by atomic mass is 35.6. The summed E-state index contributed by atoms with van der Waals surface area (Å²) in [5.74, 6) is -0.629. The summed E-state index contributed by atoms with van der Waals surface area (Å²) < 4.78 is 2.92. The fraction of sp³-hybridized carbons (Fsp3) is 0.571. The van der Waals surface area contributed by atoms with E-state index in [1.165, 1.54) is 6.26 Å². The molecule has 0 aromatic rings. The van der Waals surface area contributed by atoms with Crippen molar-refractivity contribution in [2.24, 2.45) is 0 Å². The van der Waals surface area contributed by atoms with Gasteiger partial charge in [0.05, 0.1) is 12.9 Å². The van der Waals surface area contributed by atoms with Crippen molar-refractivity contribution in [2.45, 2.75) is 10.2 Å². The minimum Gasteiger partial charge on any atom is -0.502 e. The second-order valence-electron chi connectivity index (χ2n) is 2.14. The molecule has 0 aliphatic rings. The Morgan fingerprint density at radius 2 is 2.15 bits per heavy atom. The lowest BCUT2D eigenvalue weighted by Gasteiger charge is -2.10. The number of amides is 1. The first-order valence-corrected chi connectivity index (χ1v) is 4.69. The predicted octanol–water partition coefficient (Wildman–Crippen LogP) is 2.02. The second-order valence-corrected chi connectivity index (χ2v) is 4.43. The quantitative estimate of drug-likeness (QED) is 0.458. The molecule has 0 atom stereocenters. The topological polar surface area (TPSA) is 38.3 Å². The fourth-order valence-corrected chi connectivity index (χ4v) is 0.741. The van der Waals surface area contributed by atoms with E-state index in [0.717, 1.165) is 0 Å². The Hall–Kier alpha value is -0.120. The molecule has 13 heavy (non-hydrogen) atoms. The van der Waals surface area contributed by atoms with Crippen molar-refractivity contribution >= 4 is 40.7 Å². The van der Waals surface area contributed by atoms with E-state index in [1.54, 1.807) is 0 Å². The molecule has 0 aliphatic heterocycles. The first-order valence-electron chi connectivity index (χ1n) is 3.56. The van der Waals surface area contributed by atoms with Crippen LogP contribution in [0.2, 0.25) is 0 Å². The van der Waals surface area contributed by atoms with E-state index in [1.807, 2.05) is 0 Å². The summed E-state index contributed by atoms with van der Waals surface area (Å²) in [7, 11) is 0. The molecule has 0 aromatic carbocycles. The van der Waals surface area contributed by atoms with Crippen molar-refractivity contribution in [1.82, 2.24) is 5.32 Å². The molecule has 0 rings (SSSR count). The van der Waals surface area contributed by atoms with Crippen LogP contribution >= 0.6 is 34.8 Å². The van der Waals surface area contributed by atoms with Crippen LogP contribution in [0.4, 0.5) is 0 Å². The lowest BCUT2D eigenvalue weighted by Crippen LogP contribution is -2.35. The fourth-order valence-electron chi connectivity index (χ4n) is 0.541. The SMILES string of the molecule is C=COCCCNC(=O)C(Cl)(Cl)Cl. The van der Waals surface area contributed by atoms with Gasteiger partial charge in [0.1, 0.15) is 0 Å². The van der Waals surface area contributed by atoms with Gasteiger partial charge in [0.2, 0.25) is 0 Å². The molecule has 0 fully saturated rings. The average molecular weight is 247 g/mol. The van der Waals surface area contributed by atoms with Crippen molar-refractivity contribution in [1.29, 1.82) is 0 Å². The van der Waals surface area contributed by atoms with E-state index in [0.29, 0.717) is 19.6 Å². The molecular formula is C7H10Cl3NO2. The zero-order valence-electron chi connectivity index (χ0n) is 6.86. The Kier molecular flexibility index (Phi) is 6.29. The van der Waals surface area contributed by atoms with Crippen molar-refractivity contribution in [2.75, 3.05) is 13.2 Å². The number of halogens is 3. The first kappa shape index (κ1) is 12.9. The molecule has 0 saturated heterocycles. The number of alkyl halides is 3. The van der Waals surface area contributed by atoms with Gasteiger partial charge in [-0.2, -0.15) is 0 Å². The van der Waals surface area contributed by atoms with E-state index in [9.17, 15) is 4.79 Å². The molecule has 1 amide bonds. The third-order valence-electron chi connectivity index (χ3n) is 1.10. The summed E-state index contributed by atoms with van der Waals surface area (Å²) in [6.07, 6.45) is 1.97. The summed E-state index contributed by atoms with van der Waals surface area (Å²) in [6.45, 7) is 4.24. The minimum atomic E-state index is -1.89. The van der Waals surface area contributed by atoms with Crippen LogP contribution in [-0.2, 0) is 9.53 Å². The number of hydrogen-bond acceptors (Lipinski definition) is 2. The molecule has 0 spiro atoms. The number of carbonyl (C=O) groups is 1. The Bertz CT molecular complexity index is 179. The summed E-state index contributed by atoms with van der Waals surface area (Å²) in [5.41, 5.74) is 0. The lowest BCUT2D eigenvalue weighted by atomic mass is 10.4. The lowest BCUT2D eigenvalue weighted by molar-refractivity contribution is -0.120. The Labute approximate surface area is 92.0 Å². The molecule has 76 valence electrons. The summed E-state index contributed by atoms with van der Waals surface area (Å²) in [6, 6.07) is 0. The molecule has 6 heteroatoms. The number of hydrogen-bond donors (Lipinski definition) is 1. The number of rotatable bonds is 5. The van der Waals surface area contributed by atoms with Crippen LogP contribution in [0, 0.1) is 0 Å². The highest BCUT2D eigenvalue weighted by molar-refractivity contribution is 6.76. The van der Waals surface area contributed by atoms with Crippen LogP contribution < -0.4 is 5.32 Å². The molecule has 0 aliphatic carbocycles. The van der Waals surface area contributed by atoms with Gasteiger partial charge in [-0.25, -0.2) is 0 Å². The average Bonchev–Trinajstić information content (AvgIpc) is 2.02. The van der Waals surface area contributed by atoms with Crippen LogP contribution in [0.25, 0.3) is 0 Å². The highest BCUT2D eigenvalue weighted by Gasteiger charge is 2.29. The highest BCUT2D eigenvalue weighted by Crippen LogP contribution is 2.25. The third-order valence-corrected chi connectivity index (χ3v) is 1.61. The third kappa shape index (κ3) is 6.99. The standard InChI is InChI=1S/C7H10Cl3NO2/c1-2-13-5-3-4-11-6(12)7(8,9)10/h2H,1,3-5H2,(H,11,12). The van der Waals surface area contributed by atoms with Crippen LogP contribution in [0.5, 0.6) is 0 Å². The Morgan fingerprint density at radius 3 is 2.62 bits per heavy atom. The Morgan fingerprint density at radius 1 is 1.54 bits per heavy atom. The largest absolute Gasteiger partial charge is 0.502 e. The maximum Gasteiger partial charge on any atom is 0.272 e. The van der Waals surface area contributed by atoms with E-state index < -0.39 is 9.70 Å². The van der Waals surface area contributed by atoms with E-state index in [4.69, 9.17) is 39.5 Å². The molecule has 0 aromatic heterocycles. The van der Waals surface area contributed by atoms with Gasteiger partial charge in [-0.1, -0.05) is 41.4 Å². The zero-order valence-corrected chi connectivity index (χ0v) is 9.12. The molecule has 1 N–H and O–H groups in total. The van der Waals surface area contributed by atoms with Crippen molar-refractivity contribution in [3.8, 4) is 0 Å². The maximum atomic E-state index is 10.9. The Balaban J connectivity index is 3.43. The van der Waals surface area contributed by atoms with Gasteiger partial charge >= 0.3 is 0 Å². The van der Waals surface area contributed by atoms with Crippen molar-refractivity contribution < 1.29 is 9.53 Å². The van der Waals surface area contributed by atoms with Crippen molar-refractivity contribution in [3.63, 3.8) is 0 Å². The van der Waals surface area contributed by atoms with Gasteiger partial charge in [-0.3, -0.25) is 4.79 Å². The van der Waals surface area contributed by atoms with Gasteiger partial charge in [-0.15, -0.1) is 0 Å². The molecular weight excluding hydrogens is 236 g/mol. The van der Waals surface area contributed by atoms with Crippen LogP contribution in [0.3, 0.4) is 0 Å². The van der Waals surface area contributed by atoms with Gasteiger partial charge in [-0.05, 0) is 6.42 Å². The summed E-state index contributed by atoms with van der Waals surface area (Å²) in [4.78, 5) is 10.9. The molecule has 3 nitrogen and oxygen atoms in total. The van der Waals surface area contributed by atoms with Gasteiger partial charge in [0.25, 0.3) is 9.70 Å². The van der Waals surface area contributed by atoms with Crippen LogP contribution in [0.15, 0.2) is 12.8 Å². The summed E-state index contributed by atoms with van der Waals surface area (Å²) >= 11 is 15.9. The van der Waals surface area contributed by atoms with E-state index >= 15 is 0 Å². The minimum absolute atomic E-state index is 0.403. The van der Waals surface area contributed by atoms with Crippen LogP contribution in [-0.4, -0.2) is 22.9 Å². The monoisotopic (exact) mass is 245 g/mol. The van der Waals surface area contributed by atoms with E-state index in [2.05, 4.69) is 11.9 Å². The van der Waals surface area contributed by atoms with Gasteiger partial charge < -0.3 is 10.1 Å². The second kappa shape index (κ2) is 6.35. The molecule has 0 radical (unpaired) electrons. The molecule has 0 unspecified atom stereocenters. The normalized spacial score (nSPS) is 10.7. The smallest absolute Gasteiger partial charge is 0.272 e. The first-order chi connectivity index (χ1) is 5.98. The number of nitrogens with one attached hydrogen (secondary N) is 1. The van der Waals surface area contributed by atoms with Gasteiger partial charge in [0, 0.05) is 6.54 Å². The predicted molar refractivity (Wildman–Crippen MR) is 54.1 cm³/mol. The molecule has 0 bridgehead atoms. The van der Waals surface area contributed by atoms with E-state index in [-0.39, 0.29) is 0 Å². The molecule has 0 heterocycles. The van der Waals surface area contributed by atoms with Crippen LogP contribution in [0.1, 0.15) is 6.42 Å². The number of ether oxygens (including phenoxy) is 1. The molecule has 0 saturated carbocycles. The maximum absolute atomic E-state index is 10.9. The van der Waals surface area contributed by atoms with Gasteiger partial charge in [0.15, 0.2) is 0 Å². The zero-order chi connectivity index (χ0) is 10.3. The summed E-state index contributed by atoms with van der Waals surface area (Å²) in [5, 5.41) is 2.43.